The Morgan fingerprint density at radius 2 is 1.75 bits per heavy atom. The Kier molecular flexibility index (Phi) is 6.53. The van der Waals surface area contributed by atoms with Crippen LogP contribution < -0.4 is 4.74 Å². The molecule has 4 rings (SSSR count). The van der Waals surface area contributed by atoms with Crippen molar-refractivity contribution < 1.29 is 19.4 Å². The van der Waals surface area contributed by atoms with Crippen molar-refractivity contribution in [3.8, 4) is 5.75 Å². The summed E-state index contributed by atoms with van der Waals surface area (Å²) in [4.78, 5) is 26.1. The van der Waals surface area contributed by atoms with Crippen LogP contribution in [0.1, 0.15) is 28.3 Å². The molecule has 1 N–H and O–H groups in total. The van der Waals surface area contributed by atoms with Gasteiger partial charge < -0.3 is 14.7 Å². The second kappa shape index (κ2) is 9.51. The molecule has 0 fully saturated rings. The van der Waals surface area contributed by atoms with Gasteiger partial charge >= 0.3 is 12.0 Å². The summed E-state index contributed by atoms with van der Waals surface area (Å²) in [7, 11) is 0. The molecule has 3 aromatic rings. The van der Waals surface area contributed by atoms with Crippen molar-refractivity contribution in [3.63, 3.8) is 0 Å². The Bertz CT molecular complexity index is 1140. The van der Waals surface area contributed by atoms with E-state index in [0.29, 0.717) is 22.9 Å². The third-order valence-corrected chi connectivity index (χ3v) is 5.74. The average molecular weight is 471 g/mol. The number of benzene rings is 3. The fourth-order valence-corrected chi connectivity index (χ4v) is 4.27. The number of rotatable bonds is 6. The first-order chi connectivity index (χ1) is 15.4. The van der Waals surface area contributed by atoms with E-state index < -0.39 is 18.6 Å². The van der Waals surface area contributed by atoms with Crippen molar-refractivity contribution in [1.82, 2.24) is 9.32 Å². The number of urea groups is 1. The first-order valence-corrected chi connectivity index (χ1v) is 10.7. The van der Waals surface area contributed by atoms with Crippen LogP contribution in [0, 0.1) is 0 Å². The highest BCUT2D eigenvalue weighted by Gasteiger charge is 2.38. The van der Waals surface area contributed by atoms with E-state index in [-0.39, 0.29) is 12.6 Å². The summed E-state index contributed by atoms with van der Waals surface area (Å²) in [6.45, 7) is 0.0772. The van der Waals surface area contributed by atoms with Crippen molar-refractivity contribution >= 4 is 35.4 Å². The summed E-state index contributed by atoms with van der Waals surface area (Å²) in [5.41, 5.74) is 3.38. The van der Waals surface area contributed by atoms with Gasteiger partial charge in [-0.3, -0.25) is 0 Å². The zero-order valence-electron chi connectivity index (χ0n) is 16.9. The lowest BCUT2D eigenvalue weighted by atomic mass is 9.97. The highest BCUT2D eigenvalue weighted by molar-refractivity contribution is 6.30. The molecule has 0 aromatic heterocycles. The van der Waals surface area contributed by atoms with Crippen LogP contribution in [0.25, 0.3) is 0 Å². The largest absolute Gasteiger partial charge is 0.482 e. The first kappa shape index (κ1) is 22.0. The molecule has 1 aliphatic rings. The van der Waals surface area contributed by atoms with Crippen LogP contribution in [0.2, 0.25) is 5.02 Å². The van der Waals surface area contributed by atoms with E-state index in [1.807, 2.05) is 54.6 Å². The number of carbonyl (C=O) groups is 2. The molecule has 0 bridgehead atoms. The minimum absolute atomic E-state index is 0.235. The molecule has 1 atom stereocenters. The Hall–Kier alpha value is -3.22. The summed E-state index contributed by atoms with van der Waals surface area (Å²) >= 11 is 12.7. The lowest BCUT2D eigenvalue weighted by Crippen LogP contribution is -2.37. The average Bonchev–Trinajstić information content (AvgIpc) is 3.17. The molecule has 0 radical (unpaired) electrons. The predicted molar refractivity (Wildman–Crippen MR) is 122 cm³/mol. The summed E-state index contributed by atoms with van der Waals surface area (Å²) < 4.78 is 6.67. The predicted octanol–water partition coefficient (Wildman–Crippen LogP) is 5.48. The van der Waals surface area contributed by atoms with E-state index in [1.54, 1.807) is 23.1 Å². The van der Waals surface area contributed by atoms with Crippen molar-refractivity contribution in [2.75, 3.05) is 6.61 Å². The topological polar surface area (TPSA) is 70.1 Å². The Labute approximate surface area is 195 Å². The van der Waals surface area contributed by atoms with Gasteiger partial charge in [0.05, 0.1) is 12.6 Å². The van der Waals surface area contributed by atoms with E-state index in [4.69, 9.17) is 33.2 Å². The highest BCUT2D eigenvalue weighted by atomic mass is 35.5. The van der Waals surface area contributed by atoms with E-state index in [1.165, 1.54) is 0 Å². The van der Waals surface area contributed by atoms with Gasteiger partial charge in [-0.15, -0.1) is 0 Å². The van der Waals surface area contributed by atoms with Gasteiger partial charge in [0, 0.05) is 28.9 Å². The van der Waals surface area contributed by atoms with Crippen LogP contribution in [0.3, 0.4) is 0 Å². The number of hydrogen-bond donors (Lipinski definition) is 1. The number of carboxylic acid groups (broad SMARTS) is 1. The molecule has 0 aliphatic carbocycles. The minimum atomic E-state index is -1.10. The van der Waals surface area contributed by atoms with E-state index in [0.717, 1.165) is 21.1 Å². The van der Waals surface area contributed by atoms with E-state index in [9.17, 15) is 9.59 Å². The third-order valence-electron chi connectivity index (χ3n) is 5.24. The zero-order chi connectivity index (χ0) is 22.7. The Morgan fingerprint density at radius 1 is 1.03 bits per heavy atom. The van der Waals surface area contributed by atoms with Crippen LogP contribution in [-0.2, 0) is 17.9 Å². The summed E-state index contributed by atoms with van der Waals surface area (Å²) in [5, 5.41) is 9.51. The number of carbonyl (C=O) groups excluding carboxylic acids is 1. The maximum absolute atomic E-state index is 13.4. The Morgan fingerprint density at radius 3 is 2.50 bits per heavy atom. The van der Waals surface area contributed by atoms with Gasteiger partial charge in [-0.25, -0.2) is 14.0 Å². The maximum atomic E-state index is 13.4. The van der Waals surface area contributed by atoms with Gasteiger partial charge in [0.25, 0.3) is 0 Å². The van der Waals surface area contributed by atoms with E-state index in [2.05, 4.69) is 0 Å². The van der Waals surface area contributed by atoms with Crippen LogP contribution in [0.15, 0.2) is 72.8 Å². The van der Waals surface area contributed by atoms with Crippen LogP contribution in [0.4, 0.5) is 4.79 Å². The molecule has 1 heterocycles. The number of ether oxygens (including phenoxy) is 1. The molecule has 0 saturated heterocycles. The number of amides is 2. The smallest absolute Gasteiger partial charge is 0.341 e. The highest BCUT2D eigenvalue weighted by Crippen LogP contribution is 2.43. The zero-order valence-corrected chi connectivity index (χ0v) is 18.5. The number of halogens is 2. The molecule has 1 unspecified atom stereocenters. The molecule has 1 aliphatic heterocycles. The van der Waals surface area contributed by atoms with Gasteiger partial charge in [-0.1, -0.05) is 66.2 Å². The van der Waals surface area contributed by atoms with Gasteiger partial charge in [0.15, 0.2) is 6.61 Å². The number of carboxylic acids is 1. The minimum Gasteiger partial charge on any atom is -0.482 e. The summed E-state index contributed by atoms with van der Waals surface area (Å²) in [6.07, 6.45) is 0. The van der Waals surface area contributed by atoms with Crippen molar-refractivity contribution in [2.45, 2.75) is 19.1 Å². The molecule has 32 heavy (non-hydrogen) atoms. The normalized spacial score (nSPS) is 14.7. The lowest BCUT2D eigenvalue weighted by molar-refractivity contribution is -0.139. The molecule has 164 valence electrons. The van der Waals surface area contributed by atoms with Gasteiger partial charge in [0.2, 0.25) is 0 Å². The van der Waals surface area contributed by atoms with Crippen LogP contribution in [-0.4, -0.2) is 33.0 Å². The second-order valence-corrected chi connectivity index (χ2v) is 8.23. The molecule has 3 aromatic carbocycles. The maximum Gasteiger partial charge on any atom is 0.341 e. The van der Waals surface area contributed by atoms with Gasteiger partial charge in [0.1, 0.15) is 5.75 Å². The molecule has 0 saturated carbocycles. The molecule has 8 heteroatoms. The molecular formula is C24H20Cl2N2O4. The Balaban J connectivity index is 1.70. The molecule has 2 amide bonds. The monoisotopic (exact) mass is 470 g/mol. The van der Waals surface area contributed by atoms with Gasteiger partial charge in [-0.2, -0.15) is 0 Å². The number of aliphatic carboxylic acids is 1. The van der Waals surface area contributed by atoms with Gasteiger partial charge in [-0.05, 0) is 34.9 Å². The number of nitrogens with zero attached hydrogens (tertiary/aromatic N) is 2. The second-order valence-electron chi connectivity index (χ2n) is 7.38. The fraction of sp³-hybridized carbons (Fsp3) is 0.167. The van der Waals surface area contributed by atoms with Crippen molar-refractivity contribution in [1.29, 1.82) is 0 Å². The third kappa shape index (κ3) is 4.66. The number of hydrogen-bond acceptors (Lipinski definition) is 3. The molecule has 0 spiro atoms. The van der Waals surface area contributed by atoms with Crippen LogP contribution in [0.5, 0.6) is 5.75 Å². The summed E-state index contributed by atoms with van der Waals surface area (Å²) in [6, 6.07) is 21.2. The molecular weight excluding hydrogens is 451 g/mol. The SMILES string of the molecule is O=C(O)COc1ccc(Cl)cc1C1c2ccccc2CN1C(=O)N(Cl)Cc1ccccc1. The lowest BCUT2D eigenvalue weighted by Gasteiger charge is -2.30. The number of fused-ring (bicyclic) bond motifs is 1. The standard InChI is InChI=1S/C24H20Cl2N2O4/c25-18-10-11-21(32-15-22(29)30)20(12-18)23-19-9-5-4-8-17(19)14-27(23)24(31)28(26)13-16-6-2-1-3-7-16/h1-12,23H,13-15H2,(H,29,30). The summed E-state index contributed by atoms with van der Waals surface area (Å²) in [5.74, 6) is -0.749. The van der Waals surface area contributed by atoms with Crippen molar-refractivity contribution in [3.05, 3.63) is 100 Å². The quantitative estimate of drug-likeness (QED) is 0.483. The van der Waals surface area contributed by atoms with E-state index >= 15 is 0 Å². The molecule has 6 nitrogen and oxygen atoms in total. The first-order valence-electron chi connectivity index (χ1n) is 9.93. The van der Waals surface area contributed by atoms with Crippen molar-refractivity contribution in [2.24, 2.45) is 0 Å². The van der Waals surface area contributed by atoms with Crippen LogP contribution >= 0.6 is 23.4 Å². The fourth-order valence-electron chi connectivity index (χ4n) is 3.86.